The van der Waals surface area contributed by atoms with Crippen LogP contribution in [0.5, 0.6) is 0 Å². The Morgan fingerprint density at radius 3 is 2.70 bits per heavy atom. The lowest BCUT2D eigenvalue weighted by molar-refractivity contribution is 0.248. The van der Waals surface area contributed by atoms with Crippen LogP contribution in [-0.2, 0) is 6.54 Å². The Labute approximate surface area is 123 Å². The summed E-state index contributed by atoms with van der Waals surface area (Å²) in [6.07, 6.45) is 4.11. The first kappa shape index (κ1) is 13.5. The minimum Gasteiger partial charge on any atom is -0.292 e. The molecule has 0 spiro atoms. The Kier molecular flexibility index (Phi) is 3.99. The van der Waals surface area contributed by atoms with E-state index in [4.69, 9.17) is 11.6 Å². The van der Waals surface area contributed by atoms with Crippen molar-refractivity contribution >= 4 is 11.6 Å². The molecule has 2 heterocycles. The van der Waals surface area contributed by atoms with Crippen LogP contribution in [0, 0.1) is 5.82 Å². The Bertz CT molecular complexity index is 568. The molecule has 4 heteroatoms. The van der Waals surface area contributed by atoms with Gasteiger partial charge in [0.2, 0.25) is 0 Å². The van der Waals surface area contributed by atoms with Crippen LogP contribution < -0.4 is 0 Å². The fourth-order valence-electron chi connectivity index (χ4n) is 2.81. The minimum atomic E-state index is -0.180. The second-order valence-corrected chi connectivity index (χ2v) is 5.56. The first-order valence-electron chi connectivity index (χ1n) is 6.82. The fraction of sp³-hybridized carbons (Fsp3) is 0.312. The summed E-state index contributed by atoms with van der Waals surface area (Å²) in [5.74, 6) is -0.180. The summed E-state index contributed by atoms with van der Waals surface area (Å²) in [7, 11) is 0. The fourth-order valence-corrected chi connectivity index (χ4v) is 2.92. The van der Waals surface area contributed by atoms with Crippen molar-refractivity contribution < 1.29 is 4.39 Å². The lowest BCUT2D eigenvalue weighted by Gasteiger charge is -2.24. The zero-order valence-corrected chi connectivity index (χ0v) is 11.9. The maximum atomic E-state index is 13.0. The summed E-state index contributed by atoms with van der Waals surface area (Å²) >= 11 is 5.81. The first-order valence-corrected chi connectivity index (χ1v) is 7.20. The van der Waals surface area contributed by atoms with Gasteiger partial charge in [-0.15, -0.1) is 0 Å². The molecule has 1 fully saturated rings. The van der Waals surface area contributed by atoms with Gasteiger partial charge in [0, 0.05) is 18.8 Å². The second kappa shape index (κ2) is 5.90. The second-order valence-electron chi connectivity index (χ2n) is 5.17. The Morgan fingerprint density at radius 2 is 2.00 bits per heavy atom. The van der Waals surface area contributed by atoms with Crippen LogP contribution in [0.1, 0.15) is 30.0 Å². The highest BCUT2D eigenvalue weighted by molar-refractivity contribution is 6.29. The van der Waals surface area contributed by atoms with Crippen molar-refractivity contribution in [3.05, 3.63) is 64.7 Å². The van der Waals surface area contributed by atoms with Crippen molar-refractivity contribution in [2.45, 2.75) is 25.4 Å². The number of halogens is 2. The summed E-state index contributed by atoms with van der Waals surface area (Å²) in [6.45, 7) is 1.91. The van der Waals surface area contributed by atoms with Crippen LogP contribution in [0.2, 0.25) is 5.15 Å². The highest BCUT2D eigenvalue weighted by Gasteiger charge is 2.25. The lowest BCUT2D eigenvalue weighted by atomic mass is 10.0. The molecule has 0 aliphatic carbocycles. The van der Waals surface area contributed by atoms with E-state index < -0.39 is 0 Å². The molecule has 20 heavy (non-hydrogen) atoms. The van der Waals surface area contributed by atoms with Crippen molar-refractivity contribution in [3.63, 3.8) is 0 Å². The Balaban J connectivity index is 1.75. The summed E-state index contributed by atoms with van der Waals surface area (Å²) in [5, 5.41) is 0.519. The first-order chi connectivity index (χ1) is 9.72. The maximum absolute atomic E-state index is 13.0. The number of hydrogen-bond acceptors (Lipinski definition) is 2. The van der Waals surface area contributed by atoms with Crippen LogP contribution in [0.4, 0.5) is 4.39 Å². The molecule has 104 valence electrons. The molecule has 0 saturated carbocycles. The van der Waals surface area contributed by atoms with Crippen LogP contribution >= 0.6 is 11.6 Å². The van der Waals surface area contributed by atoms with E-state index in [-0.39, 0.29) is 5.82 Å². The largest absolute Gasteiger partial charge is 0.292 e. The molecular weight excluding hydrogens is 275 g/mol. The third-order valence-electron chi connectivity index (χ3n) is 3.79. The van der Waals surface area contributed by atoms with Crippen molar-refractivity contribution in [2.75, 3.05) is 6.54 Å². The van der Waals surface area contributed by atoms with Gasteiger partial charge in [-0.2, -0.15) is 0 Å². The zero-order chi connectivity index (χ0) is 13.9. The molecule has 3 rings (SSSR count). The zero-order valence-electron chi connectivity index (χ0n) is 11.1. The topological polar surface area (TPSA) is 16.1 Å². The smallest absolute Gasteiger partial charge is 0.129 e. The van der Waals surface area contributed by atoms with E-state index in [9.17, 15) is 4.39 Å². The van der Waals surface area contributed by atoms with Crippen LogP contribution in [0.3, 0.4) is 0 Å². The average molecular weight is 291 g/mol. The Hall–Kier alpha value is -1.45. The summed E-state index contributed by atoms with van der Waals surface area (Å²) in [4.78, 5) is 6.53. The van der Waals surface area contributed by atoms with Gasteiger partial charge in [0.1, 0.15) is 11.0 Å². The van der Waals surface area contributed by atoms with E-state index in [1.54, 1.807) is 0 Å². The van der Waals surface area contributed by atoms with Gasteiger partial charge >= 0.3 is 0 Å². The van der Waals surface area contributed by atoms with E-state index in [0.29, 0.717) is 11.2 Å². The number of likely N-dealkylation sites (tertiary alicyclic amines) is 1. The molecule has 1 aromatic heterocycles. The molecule has 1 aliphatic heterocycles. The van der Waals surface area contributed by atoms with Crippen molar-refractivity contribution in [1.82, 2.24) is 9.88 Å². The van der Waals surface area contributed by atoms with Gasteiger partial charge in [-0.1, -0.05) is 29.8 Å². The molecule has 1 aliphatic rings. The molecule has 2 nitrogen and oxygen atoms in total. The van der Waals surface area contributed by atoms with Gasteiger partial charge in [-0.05, 0) is 48.7 Å². The van der Waals surface area contributed by atoms with Crippen LogP contribution in [-0.4, -0.2) is 16.4 Å². The summed E-state index contributed by atoms with van der Waals surface area (Å²) in [5.41, 5.74) is 2.34. The lowest BCUT2D eigenvalue weighted by Crippen LogP contribution is -2.22. The van der Waals surface area contributed by atoms with E-state index >= 15 is 0 Å². The molecule has 0 amide bonds. The maximum Gasteiger partial charge on any atom is 0.129 e. The van der Waals surface area contributed by atoms with Gasteiger partial charge in [0.15, 0.2) is 0 Å². The molecule has 1 aromatic carbocycles. The molecule has 0 radical (unpaired) electrons. The predicted octanol–water partition coefficient (Wildman–Crippen LogP) is 4.21. The van der Waals surface area contributed by atoms with Gasteiger partial charge in [0.25, 0.3) is 0 Å². The molecule has 0 bridgehead atoms. The molecule has 0 unspecified atom stereocenters. The molecule has 1 saturated heterocycles. The number of benzene rings is 1. The number of nitrogens with zero attached hydrogens (tertiary/aromatic N) is 2. The Morgan fingerprint density at radius 1 is 1.20 bits per heavy atom. The molecular formula is C16H16ClFN2. The van der Waals surface area contributed by atoms with Crippen molar-refractivity contribution in [1.29, 1.82) is 0 Å². The minimum absolute atomic E-state index is 0.180. The van der Waals surface area contributed by atoms with Crippen LogP contribution in [0.25, 0.3) is 0 Å². The number of hydrogen-bond donors (Lipinski definition) is 0. The molecule has 1 atom stereocenters. The van der Waals surface area contributed by atoms with Crippen LogP contribution in [0.15, 0.2) is 42.6 Å². The van der Waals surface area contributed by atoms with E-state index in [1.165, 1.54) is 24.1 Å². The summed E-state index contributed by atoms with van der Waals surface area (Å²) < 4.78 is 13.0. The average Bonchev–Trinajstić information content (AvgIpc) is 2.90. The van der Waals surface area contributed by atoms with E-state index in [2.05, 4.69) is 9.88 Å². The van der Waals surface area contributed by atoms with Gasteiger partial charge < -0.3 is 0 Å². The standard InChI is InChI=1S/C16H16ClFN2/c17-16-8-3-12(10-19-16)11-20-9-1-2-15(20)13-4-6-14(18)7-5-13/h3-8,10,15H,1-2,9,11H2/t15-/m1/s1. The summed E-state index contributed by atoms with van der Waals surface area (Å²) in [6, 6.07) is 11.0. The van der Waals surface area contributed by atoms with E-state index in [1.807, 2.05) is 30.5 Å². The van der Waals surface area contributed by atoms with Crippen molar-refractivity contribution in [3.8, 4) is 0 Å². The highest BCUT2D eigenvalue weighted by atomic mass is 35.5. The SMILES string of the molecule is Fc1ccc([C@H]2CCCN2Cc2ccc(Cl)nc2)cc1. The molecule has 2 aromatic rings. The van der Waals surface area contributed by atoms with Gasteiger partial charge in [0.05, 0.1) is 0 Å². The third-order valence-corrected chi connectivity index (χ3v) is 4.02. The van der Waals surface area contributed by atoms with E-state index in [0.717, 1.165) is 25.1 Å². The number of aromatic nitrogens is 1. The van der Waals surface area contributed by atoms with Gasteiger partial charge in [-0.25, -0.2) is 9.37 Å². The predicted molar refractivity (Wildman–Crippen MR) is 78.0 cm³/mol. The quantitative estimate of drug-likeness (QED) is 0.787. The highest BCUT2D eigenvalue weighted by Crippen LogP contribution is 2.33. The van der Waals surface area contributed by atoms with Crippen molar-refractivity contribution in [2.24, 2.45) is 0 Å². The molecule has 0 N–H and O–H groups in total. The van der Waals surface area contributed by atoms with Gasteiger partial charge in [-0.3, -0.25) is 4.90 Å². The normalized spacial score (nSPS) is 19.4. The number of rotatable bonds is 3. The third kappa shape index (κ3) is 3.00. The number of pyridine rings is 1. The monoisotopic (exact) mass is 290 g/mol.